The van der Waals surface area contributed by atoms with Crippen LogP contribution in [0.15, 0.2) is 53.4 Å². The molecule has 1 aromatic heterocycles. The maximum Gasteiger partial charge on any atom is 0.337 e. The van der Waals surface area contributed by atoms with Gasteiger partial charge in [0.2, 0.25) is 11.6 Å². The number of benzene rings is 2. The van der Waals surface area contributed by atoms with Crippen LogP contribution in [0.3, 0.4) is 0 Å². The Morgan fingerprint density at radius 1 is 0.966 bits per heavy atom. The monoisotopic (exact) mass is 410 g/mol. The Labute approximate surface area is 165 Å². The Hall–Kier alpha value is -3.59. The van der Waals surface area contributed by atoms with Crippen molar-refractivity contribution >= 4 is 27.6 Å². The Kier molecular flexibility index (Phi) is 4.20. The largest absolute Gasteiger partial charge is 0.465 e. The molecule has 0 spiro atoms. The van der Waals surface area contributed by atoms with Gasteiger partial charge in [-0.3, -0.25) is 9.59 Å². The normalized spacial score (nSPS) is 13.0. The molecule has 1 aliphatic rings. The van der Waals surface area contributed by atoms with E-state index in [4.69, 9.17) is 0 Å². The number of carbonyl (C=O) groups excluding carboxylic acids is 3. The molecule has 8 nitrogen and oxygen atoms in total. The third-order valence-corrected chi connectivity index (χ3v) is 6.42. The van der Waals surface area contributed by atoms with Crippen LogP contribution in [0.2, 0.25) is 0 Å². The van der Waals surface area contributed by atoms with Gasteiger partial charge in [0.1, 0.15) is 5.69 Å². The van der Waals surface area contributed by atoms with Crippen molar-refractivity contribution in [1.29, 1.82) is 0 Å². The van der Waals surface area contributed by atoms with E-state index in [2.05, 4.69) is 9.84 Å². The zero-order valence-corrected chi connectivity index (χ0v) is 16.2. The van der Waals surface area contributed by atoms with Crippen molar-refractivity contribution in [1.82, 2.24) is 9.19 Å². The number of esters is 1. The van der Waals surface area contributed by atoms with E-state index in [1.807, 2.05) is 0 Å². The minimum Gasteiger partial charge on any atom is -0.465 e. The molecule has 4 rings (SSSR count). The molecule has 1 aliphatic carbocycles. The minimum atomic E-state index is -4.17. The van der Waals surface area contributed by atoms with Crippen LogP contribution in [0.25, 0.3) is 11.3 Å². The van der Waals surface area contributed by atoms with E-state index < -0.39 is 27.6 Å². The Bertz CT molecular complexity index is 1300. The Morgan fingerprint density at radius 3 is 2.21 bits per heavy atom. The van der Waals surface area contributed by atoms with Crippen molar-refractivity contribution in [3.63, 3.8) is 0 Å². The molecule has 1 heterocycles. The van der Waals surface area contributed by atoms with Gasteiger partial charge in [0.05, 0.1) is 28.8 Å². The molecule has 29 heavy (non-hydrogen) atoms. The van der Waals surface area contributed by atoms with Gasteiger partial charge in [-0.1, -0.05) is 24.3 Å². The second-order valence-corrected chi connectivity index (χ2v) is 8.14. The summed E-state index contributed by atoms with van der Waals surface area (Å²) in [6, 6.07) is 11.6. The second-order valence-electron chi connectivity index (χ2n) is 6.38. The minimum absolute atomic E-state index is 0.0246. The number of fused-ring (bicyclic) bond motifs is 3. The summed E-state index contributed by atoms with van der Waals surface area (Å²) in [4.78, 5) is 36.4. The highest BCUT2D eigenvalue weighted by Gasteiger charge is 2.37. The molecule has 0 unspecified atom stereocenters. The lowest BCUT2D eigenvalue weighted by Crippen LogP contribution is -2.21. The highest BCUT2D eigenvalue weighted by Crippen LogP contribution is 2.35. The molecular formula is C20H14N2O6S. The molecule has 0 atom stereocenters. The predicted molar refractivity (Wildman–Crippen MR) is 101 cm³/mol. The highest BCUT2D eigenvalue weighted by atomic mass is 32.2. The molecule has 0 saturated heterocycles. The fraction of sp³-hybridized carbons (Fsp3) is 0.100. The van der Waals surface area contributed by atoms with E-state index in [0.717, 1.165) is 4.09 Å². The van der Waals surface area contributed by atoms with Gasteiger partial charge in [0.25, 0.3) is 10.0 Å². The molecule has 0 radical (unpaired) electrons. The molecular weight excluding hydrogens is 396 g/mol. The number of Topliss-reactive ketones (excluding diaryl/α,β-unsaturated/α-hetero) is 2. The van der Waals surface area contributed by atoms with Gasteiger partial charge < -0.3 is 4.74 Å². The number of hydrogen-bond donors (Lipinski definition) is 0. The van der Waals surface area contributed by atoms with Crippen molar-refractivity contribution in [3.8, 4) is 11.3 Å². The molecule has 146 valence electrons. The van der Waals surface area contributed by atoms with Crippen molar-refractivity contribution in [2.24, 2.45) is 0 Å². The van der Waals surface area contributed by atoms with Gasteiger partial charge in [-0.2, -0.15) is 17.6 Å². The summed E-state index contributed by atoms with van der Waals surface area (Å²) in [5.74, 6) is -2.09. The lowest BCUT2D eigenvalue weighted by atomic mass is 9.87. The summed E-state index contributed by atoms with van der Waals surface area (Å²) in [5, 5.41) is 4.16. The second kappa shape index (κ2) is 6.49. The number of ether oxygens (including phenoxy) is 1. The molecule has 0 N–H and O–H groups in total. The first-order valence-corrected chi connectivity index (χ1v) is 9.93. The standard InChI is InChI=1S/C20H14N2O6S/c1-11-16-17(14-5-3-4-6-15(14)18(23)19(16)24)21-22(11)29(26,27)13-9-7-12(8-10-13)20(25)28-2/h3-10H,1-2H3. The van der Waals surface area contributed by atoms with Crippen LogP contribution in [-0.4, -0.2) is 42.2 Å². The van der Waals surface area contributed by atoms with Crippen LogP contribution in [-0.2, 0) is 14.8 Å². The average molecular weight is 410 g/mol. The highest BCUT2D eigenvalue weighted by molar-refractivity contribution is 7.89. The van der Waals surface area contributed by atoms with Crippen LogP contribution in [0.1, 0.15) is 36.8 Å². The maximum atomic E-state index is 13.1. The van der Waals surface area contributed by atoms with Gasteiger partial charge in [-0.15, -0.1) is 0 Å². The maximum absolute atomic E-state index is 13.1. The number of carbonyl (C=O) groups is 3. The van der Waals surface area contributed by atoms with Crippen LogP contribution < -0.4 is 0 Å². The van der Waals surface area contributed by atoms with Gasteiger partial charge >= 0.3 is 5.97 Å². The van der Waals surface area contributed by atoms with E-state index >= 15 is 0 Å². The molecule has 9 heteroatoms. The number of aromatic nitrogens is 2. The molecule has 0 aliphatic heterocycles. The fourth-order valence-electron chi connectivity index (χ4n) is 3.28. The zero-order valence-electron chi connectivity index (χ0n) is 15.4. The van der Waals surface area contributed by atoms with Gasteiger partial charge in [-0.05, 0) is 31.2 Å². The first-order chi connectivity index (χ1) is 13.8. The lowest BCUT2D eigenvalue weighted by molar-refractivity contribution is 0.0600. The topological polar surface area (TPSA) is 112 Å². The quantitative estimate of drug-likeness (QED) is 0.481. The number of nitrogens with zero attached hydrogens (tertiary/aromatic N) is 2. The van der Waals surface area contributed by atoms with Gasteiger partial charge in [0.15, 0.2) is 0 Å². The Morgan fingerprint density at radius 2 is 1.59 bits per heavy atom. The molecule has 0 fully saturated rings. The molecule has 0 saturated carbocycles. The first kappa shape index (κ1) is 18.8. The summed E-state index contributed by atoms with van der Waals surface area (Å²) < 4.78 is 31.6. The lowest BCUT2D eigenvalue weighted by Gasteiger charge is -2.12. The number of rotatable bonds is 3. The van der Waals surface area contributed by atoms with Crippen molar-refractivity contribution < 1.29 is 27.5 Å². The zero-order chi connectivity index (χ0) is 20.9. The third kappa shape index (κ3) is 2.70. The summed E-state index contributed by atoms with van der Waals surface area (Å²) in [6.07, 6.45) is 0. The summed E-state index contributed by atoms with van der Waals surface area (Å²) >= 11 is 0. The van der Waals surface area contributed by atoms with E-state index in [9.17, 15) is 22.8 Å². The van der Waals surface area contributed by atoms with E-state index in [-0.39, 0.29) is 33.0 Å². The van der Waals surface area contributed by atoms with Crippen molar-refractivity contribution in [2.75, 3.05) is 7.11 Å². The van der Waals surface area contributed by atoms with E-state index in [1.165, 1.54) is 44.4 Å². The van der Waals surface area contributed by atoms with Crippen LogP contribution in [0.5, 0.6) is 0 Å². The van der Waals surface area contributed by atoms with E-state index in [0.29, 0.717) is 5.56 Å². The predicted octanol–water partition coefficient (Wildman–Crippen LogP) is 2.26. The van der Waals surface area contributed by atoms with Crippen molar-refractivity contribution in [3.05, 3.63) is 70.9 Å². The van der Waals surface area contributed by atoms with E-state index in [1.54, 1.807) is 18.2 Å². The van der Waals surface area contributed by atoms with Crippen molar-refractivity contribution in [2.45, 2.75) is 11.8 Å². The molecule has 3 aromatic rings. The molecule has 2 aromatic carbocycles. The van der Waals surface area contributed by atoms with Gasteiger partial charge in [0, 0.05) is 11.1 Å². The SMILES string of the molecule is COC(=O)c1ccc(S(=O)(=O)n2nc3c(c2C)C(=O)C(=O)c2ccccc2-3)cc1. The summed E-state index contributed by atoms with van der Waals surface area (Å²) in [6.45, 7) is 1.42. The summed E-state index contributed by atoms with van der Waals surface area (Å²) in [5.41, 5.74) is 0.961. The third-order valence-electron chi connectivity index (χ3n) is 4.74. The van der Waals surface area contributed by atoms with Gasteiger partial charge in [-0.25, -0.2) is 4.79 Å². The molecule has 0 amide bonds. The van der Waals surface area contributed by atoms with Crippen LogP contribution >= 0.6 is 0 Å². The first-order valence-electron chi connectivity index (χ1n) is 8.49. The average Bonchev–Trinajstić information content (AvgIpc) is 3.09. The smallest absolute Gasteiger partial charge is 0.337 e. The molecule has 0 bridgehead atoms. The number of ketones is 2. The van der Waals surface area contributed by atoms with Crippen LogP contribution in [0, 0.1) is 6.92 Å². The number of hydrogen-bond acceptors (Lipinski definition) is 7. The Balaban J connectivity index is 1.88. The number of methoxy groups -OCH3 is 1. The van der Waals surface area contributed by atoms with Crippen LogP contribution in [0.4, 0.5) is 0 Å². The summed E-state index contributed by atoms with van der Waals surface area (Å²) in [7, 11) is -2.94. The fourth-order valence-corrected chi connectivity index (χ4v) is 4.60.